The lowest BCUT2D eigenvalue weighted by Gasteiger charge is -2.13. The Morgan fingerprint density at radius 1 is 1.12 bits per heavy atom. The summed E-state index contributed by atoms with van der Waals surface area (Å²) >= 11 is 0. The second kappa shape index (κ2) is 3.22. The van der Waals surface area contributed by atoms with E-state index in [1.807, 2.05) is 0 Å². The van der Waals surface area contributed by atoms with E-state index in [0.717, 1.165) is 43.2 Å². The molecule has 1 heterocycles. The maximum absolute atomic E-state index is 12.2. The number of hydrogen-bond donors (Lipinski definition) is 2. The molecule has 4 rings (SSSR count). The third-order valence-corrected chi connectivity index (χ3v) is 5.44. The van der Waals surface area contributed by atoms with Crippen molar-refractivity contribution in [1.29, 1.82) is 0 Å². The highest BCUT2D eigenvalue weighted by atomic mass is 16.2. The molecular weight excluding hydrogens is 200 g/mol. The van der Waals surface area contributed by atoms with E-state index in [2.05, 4.69) is 10.6 Å². The summed E-state index contributed by atoms with van der Waals surface area (Å²) in [7, 11) is 0. The van der Waals surface area contributed by atoms with Crippen molar-refractivity contribution in [1.82, 2.24) is 10.6 Å². The van der Waals surface area contributed by atoms with Crippen LogP contribution >= 0.6 is 0 Å². The van der Waals surface area contributed by atoms with Gasteiger partial charge in [0.2, 0.25) is 5.91 Å². The number of hydrogen-bond acceptors (Lipinski definition) is 2. The summed E-state index contributed by atoms with van der Waals surface area (Å²) in [5.74, 6) is 4.17. The molecule has 4 aliphatic rings. The number of amides is 1. The van der Waals surface area contributed by atoms with Crippen LogP contribution in [0.15, 0.2) is 0 Å². The summed E-state index contributed by atoms with van der Waals surface area (Å²) < 4.78 is 0. The van der Waals surface area contributed by atoms with E-state index in [4.69, 9.17) is 0 Å². The topological polar surface area (TPSA) is 41.1 Å². The molecule has 0 radical (unpaired) electrons. The molecule has 2 bridgehead atoms. The van der Waals surface area contributed by atoms with Crippen molar-refractivity contribution < 1.29 is 4.79 Å². The minimum atomic E-state index is 0.375. The summed E-state index contributed by atoms with van der Waals surface area (Å²) in [5, 5.41) is 6.54. The predicted molar refractivity (Wildman–Crippen MR) is 60.7 cm³/mol. The fourth-order valence-electron chi connectivity index (χ4n) is 4.75. The third kappa shape index (κ3) is 1.21. The molecule has 5 atom stereocenters. The van der Waals surface area contributed by atoms with Gasteiger partial charge in [-0.15, -0.1) is 0 Å². The fourth-order valence-corrected chi connectivity index (χ4v) is 4.75. The molecule has 0 aromatic heterocycles. The van der Waals surface area contributed by atoms with Crippen molar-refractivity contribution in [3.8, 4) is 0 Å². The van der Waals surface area contributed by atoms with Crippen LogP contribution in [0.2, 0.25) is 0 Å². The van der Waals surface area contributed by atoms with E-state index < -0.39 is 0 Å². The van der Waals surface area contributed by atoms with Crippen LogP contribution in [0.5, 0.6) is 0 Å². The van der Waals surface area contributed by atoms with Crippen LogP contribution in [0.1, 0.15) is 25.7 Å². The van der Waals surface area contributed by atoms with Crippen molar-refractivity contribution >= 4 is 5.91 Å². The van der Waals surface area contributed by atoms with E-state index >= 15 is 0 Å². The van der Waals surface area contributed by atoms with E-state index in [0.29, 0.717) is 17.9 Å². The van der Waals surface area contributed by atoms with Gasteiger partial charge in [0.25, 0.3) is 0 Å². The zero-order valence-corrected chi connectivity index (χ0v) is 9.61. The van der Waals surface area contributed by atoms with Gasteiger partial charge in [0.05, 0.1) is 0 Å². The largest absolute Gasteiger partial charge is 0.352 e. The average molecular weight is 220 g/mol. The monoisotopic (exact) mass is 220 g/mol. The molecule has 3 heteroatoms. The van der Waals surface area contributed by atoms with Crippen LogP contribution in [0.4, 0.5) is 0 Å². The molecule has 3 aliphatic carbocycles. The molecule has 88 valence electrons. The normalized spacial score (nSPS) is 52.8. The Morgan fingerprint density at radius 3 is 2.50 bits per heavy atom. The maximum Gasteiger partial charge on any atom is 0.223 e. The van der Waals surface area contributed by atoms with E-state index in [9.17, 15) is 4.79 Å². The Balaban J connectivity index is 1.39. The SMILES string of the molecule is O=C(N[C@@H]1CCNC1)C1C2C3CCC(C3)C12. The quantitative estimate of drug-likeness (QED) is 0.721. The molecule has 3 saturated carbocycles. The van der Waals surface area contributed by atoms with Crippen LogP contribution in [0.3, 0.4) is 0 Å². The van der Waals surface area contributed by atoms with Crippen LogP contribution in [0.25, 0.3) is 0 Å². The molecule has 0 aromatic carbocycles. The Labute approximate surface area is 96.4 Å². The zero-order valence-electron chi connectivity index (χ0n) is 9.61. The molecular formula is C13H20N2O. The summed E-state index contributed by atoms with van der Waals surface area (Å²) in [5.41, 5.74) is 0. The molecule has 0 spiro atoms. The van der Waals surface area contributed by atoms with Crippen LogP contribution in [-0.4, -0.2) is 25.0 Å². The smallest absolute Gasteiger partial charge is 0.223 e. The van der Waals surface area contributed by atoms with Gasteiger partial charge in [-0.1, -0.05) is 0 Å². The number of fused-ring (bicyclic) bond motifs is 5. The second-order valence-corrected chi connectivity index (χ2v) is 6.21. The van der Waals surface area contributed by atoms with Gasteiger partial charge in [-0.2, -0.15) is 0 Å². The van der Waals surface area contributed by atoms with E-state index in [-0.39, 0.29) is 0 Å². The van der Waals surface area contributed by atoms with Crippen LogP contribution < -0.4 is 10.6 Å². The van der Waals surface area contributed by atoms with Gasteiger partial charge in [0, 0.05) is 18.5 Å². The first-order valence-electron chi connectivity index (χ1n) is 6.85. The summed E-state index contributed by atoms with van der Waals surface area (Å²) in [6.07, 6.45) is 5.35. The lowest BCUT2D eigenvalue weighted by Crippen LogP contribution is -2.38. The van der Waals surface area contributed by atoms with Gasteiger partial charge in [0.15, 0.2) is 0 Å². The molecule has 0 aromatic rings. The summed E-state index contributed by atoms with van der Waals surface area (Å²) in [6, 6.07) is 0.409. The molecule has 3 nitrogen and oxygen atoms in total. The van der Waals surface area contributed by atoms with Crippen molar-refractivity contribution in [2.45, 2.75) is 31.7 Å². The molecule has 1 amide bonds. The van der Waals surface area contributed by atoms with Gasteiger partial charge in [-0.3, -0.25) is 4.79 Å². The Bertz CT molecular complexity index is 308. The Hall–Kier alpha value is -0.570. The van der Waals surface area contributed by atoms with Crippen LogP contribution in [-0.2, 0) is 4.79 Å². The molecule has 1 aliphatic heterocycles. The van der Waals surface area contributed by atoms with E-state index in [1.165, 1.54) is 19.3 Å². The number of carbonyl (C=O) groups is 1. The van der Waals surface area contributed by atoms with Gasteiger partial charge in [-0.05, 0) is 55.9 Å². The second-order valence-electron chi connectivity index (χ2n) is 6.21. The highest BCUT2D eigenvalue weighted by Crippen LogP contribution is 2.69. The van der Waals surface area contributed by atoms with Crippen molar-refractivity contribution in [2.75, 3.05) is 13.1 Å². The van der Waals surface area contributed by atoms with Crippen molar-refractivity contribution in [2.24, 2.45) is 29.6 Å². The summed E-state index contributed by atoms with van der Waals surface area (Å²) in [6.45, 7) is 2.04. The predicted octanol–water partition coefficient (Wildman–Crippen LogP) is 0.757. The highest BCUT2D eigenvalue weighted by molar-refractivity contribution is 5.83. The summed E-state index contributed by atoms with van der Waals surface area (Å²) in [4.78, 5) is 12.2. The lowest BCUT2D eigenvalue weighted by atomic mass is 10.0. The molecule has 4 unspecified atom stereocenters. The van der Waals surface area contributed by atoms with E-state index in [1.54, 1.807) is 0 Å². The number of nitrogens with one attached hydrogen (secondary N) is 2. The highest BCUT2D eigenvalue weighted by Gasteiger charge is 2.67. The first kappa shape index (κ1) is 9.46. The van der Waals surface area contributed by atoms with Crippen molar-refractivity contribution in [3.63, 3.8) is 0 Å². The fraction of sp³-hybridized carbons (Fsp3) is 0.923. The number of carbonyl (C=O) groups excluding carboxylic acids is 1. The minimum absolute atomic E-state index is 0.375. The van der Waals surface area contributed by atoms with Crippen LogP contribution in [0, 0.1) is 29.6 Å². The van der Waals surface area contributed by atoms with Gasteiger partial charge < -0.3 is 10.6 Å². The standard InChI is InChI=1S/C13H20N2O/c16-13(15-9-3-4-14-6-9)12-10-7-1-2-8(5-7)11(10)12/h7-12,14H,1-6H2,(H,15,16)/t7?,8?,9-,10?,11?,12?/m1/s1. The minimum Gasteiger partial charge on any atom is -0.352 e. The Kier molecular flexibility index (Phi) is 1.90. The third-order valence-electron chi connectivity index (χ3n) is 5.44. The first-order chi connectivity index (χ1) is 7.84. The Morgan fingerprint density at radius 2 is 1.88 bits per heavy atom. The van der Waals surface area contributed by atoms with Gasteiger partial charge in [0.1, 0.15) is 0 Å². The number of rotatable bonds is 2. The zero-order chi connectivity index (χ0) is 10.7. The van der Waals surface area contributed by atoms with Gasteiger partial charge in [-0.25, -0.2) is 0 Å². The maximum atomic E-state index is 12.2. The van der Waals surface area contributed by atoms with Crippen molar-refractivity contribution in [3.05, 3.63) is 0 Å². The molecule has 4 fully saturated rings. The molecule has 16 heavy (non-hydrogen) atoms. The average Bonchev–Trinajstić information content (AvgIpc) is 2.73. The lowest BCUT2D eigenvalue weighted by molar-refractivity contribution is -0.123. The first-order valence-corrected chi connectivity index (χ1v) is 6.85. The molecule has 1 saturated heterocycles. The molecule has 2 N–H and O–H groups in total. The van der Waals surface area contributed by atoms with Gasteiger partial charge >= 0.3 is 0 Å².